The smallest absolute Gasteiger partial charge is 0.303 e. The zero-order valence-corrected chi connectivity index (χ0v) is 20.0. The highest BCUT2D eigenvalue weighted by molar-refractivity contribution is 7.17. The van der Waals surface area contributed by atoms with Crippen LogP contribution in [0.5, 0.6) is 0 Å². The molecule has 0 amide bonds. The number of aryl methyl sites for hydroxylation is 1. The number of ketones is 1. The fourth-order valence-electron chi connectivity index (χ4n) is 3.46. The van der Waals surface area contributed by atoms with Gasteiger partial charge in [0.15, 0.2) is 11.2 Å². The Kier molecular flexibility index (Phi) is 8.35. The first-order valence-corrected chi connectivity index (χ1v) is 11.4. The van der Waals surface area contributed by atoms with Gasteiger partial charge in [-0.05, 0) is 6.92 Å². The Labute approximate surface area is 200 Å². The van der Waals surface area contributed by atoms with E-state index in [1.54, 1.807) is 12.1 Å². The molecule has 2 aromatic rings. The third kappa shape index (κ3) is 6.84. The van der Waals surface area contributed by atoms with Crippen molar-refractivity contribution in [2.45, 2.75) is 58.7 Å². The first kappa shape index (κ1) is 25.3. The predicted octanol–water partition coefficient (Wildman–Crippen LogP) is 2.64. The van der Waals surface area contributed by atoms with Crippen LogP contribution in [-0.4, -0.2) is 59.8 Å². The molecule has 1 aromatic heterocycles. The molecule has 10 nitrogen and oxygen atoms in total. The maximum atomic E-state index is 12.7. The van der Waals surface area contributed by atoms with Gasteiger partial charge in [0.1, 0.15) is 25.0 Å². The number of carbonyl (C=O) groups is 4. The van der Waals surface area contributed by atoms with Gasteiger partial charge in [-0.15, -0.1) is 0 Å². The molecule has 0 aliphatic carbocycles. The van der Waals surface area contributed by atoms with Gasteiger partial charge in [-0.1, -0.05) is 41.2 Å². The summed E-state index contributed by atoms with van der Waals surface area (Å²) in [6.07, 6.45) is -1.81. The number of benzene rings is 1. The van der Waals surface area contributed by atoms with E-state index in [2.05, 4.69) is 10.3 Å². The second-order valence-electron chi connectivity index (χ2n) is 7.79. The van der Waals surface area contributed by atoms with Crippen LogP contribution in [0.2, 0.25) is 0 Å². The Hall–Kier alpha value is -3.31. The summed E-state index contributed by atoms with van der Waals surface area (Å²) in [5.41, 5.74) is 1.60. The lowest BCUT2D eigenvalue weighted by atomic mass is 10.0. The largest absolute Gasteiger partial charge is 0.463 e. The average Bonchev–Trinajstić information content (AvgIpc) is 3.22. The minimum absolute atomic E-state index is 0.134. The molecule has 1 saturated heterocycles. The van der Waals surface area contributed by atoms with Crippen molar-refractivity contribution in [1.29, 1.82) is 0 Å². The quantitative estimate of drug-likeness (QED) is 0.335. The van der Waals surface area contributed by atoms with Crippen molar-refractivity contribution in [3.63, 3.8) is 0 Å². The van der Waals surface area contributed by atoms with Gasteiger partial charge < -0.3 is 24.3 Å². The molecule has 0 spiro atoms. The highest BCUT2D eigenvalue weighted by atomic mass is 32.1. The number of anilines is 1. The summed E-state index contributed by atoms with van der Waals surface area (Å²) in [6.45, 7) is 5.44. The number of hydrogen-bond donors (Lipinski definition) is 1. The summed E-state index contributed by atoms with van der Waals surface area (Å²) in [4.78, 5) is 52.0. The van der Waals surface area contributed by atoms with E-state index in [4.69, 9.17) is 18.9 Å². The van der Waals surface area contributed by atoms with E-state index >= 15 is 0 Å². The second kappa shape index (κ2) is 11.2. The molecule has 1 fully saturated rings. The van der Waals surface area contributed by atoms with E-state index in [0.29, 0.717) is 15.6 Å². The van der Waals surface area contributed by atoms with Crippen LogP contribution in [0.15, 0.2) is 30.5 Å². The van der Waals surface area contributed by atoms with Crippen LogP contribution in [0.1, 0.15) is 48.0 Å². The van der Waals surface area contributed by atoms with Gasteiger partial charge >= 0.3 is 17.9 Å². The Morgan fingerprint density at radius 3 is 2.35 bits per heavy atom. The summed E-state index contributed by atoms with van der Waals surface area (Å²) >= 11 is 1.15. The summed E-state index contributed by atoms with van der Waals surface area (Å²) in [5.74, 6) is -1.85. The highest BCUT2D eigenvalue weighted by Gasteiger charge is 2.44. The number of aromatic nitrogens is 1. The molecule has 0 saturated carbocycles. The van der Waals surface area contributed by atoms with Crippen molar-refractivity contribution in [3.05, 3.63) is 46.5 Å². The molecule has 2 heterocycles. The second-order valence-corrected chi connectivity index (χ2v) is 8.82. The summed E-state index contributed by atoms with van der Waals surface area (Å²) in [6, 6.07) is 7.24. The molecule has 1 N–H and O–H groups in total. The Bertz CT molecular complexity index is 1050. The van der Waals surface area contributed by atoms with E-state index in [1.165, 1.54) is 27.0 Å². The van der Waals surface area contributed by atoms with E-state index in [9.17, 15) is 19.2 Å². The molecule has 0 bridgehead atoms. The molecule has 1 aliphatic rings. The van der Waals surface area contributed by atoms with E-state index in [-0.39, 0.29) is 18.8 Å². The number of thiazole rings is 1. The molecule has 1 aromatic carbocycles. The van der Waals surface area contributed by atoms with Crippen LogP contribution >= 0.6 is 11.3 Å². The number of nitrogens with one attached hydrogen (secondary N) is 1. The van der Waals surface area contributed by atoms with Gasteiger partial charge in [0.25, 0.3) is 0 Å². The van der Waals surface area contributed by atoms with Gasteiger partial charge in [-0.3, -0.25) is 19.2 Å². The molecule has 182 valence electrons. The molecular weight excluding hydrogens is 464 g/mol. The molecule has 3 rings (SSSR count). The Morgan fingerprint density at radius 1 is 1.06 bits per heavy atom. The van der Waals surface area contributed by atoms with E-state index in [0.717, 1.165) is 16.9 Å². The topological polar surface area (TPSA) is 130 Å². The minimum Gasteiger partial charge on any atom is -0.463 e. The first-order chi connectivity index (χ1) is 16.1. The maximum Gasteiger partial charge on any atom is 0.303 e. The Morgan fingerprint density at radius 2 is 1.74 bits per heavy atom. The zero-order chi connectivity index (χ0) is 24.8. The van der Waals surface area contributed by atoms with Gasteiger partial charge in [0, 0.05) is 32.8 Å². The molecule has 0 radical (unpaired) electrons. The number of carbonyl (C=O) groups excluding carboxylic acids is 4. The maximum absolute atomic E-state index is 12.7. The fraction of sp³-hybridized carbons (Fsp3) is 0.435. The normalized spacial score (nSPS) is 21.9. The third-order valence-electron chi connectivity index (χ3n) is 4.92. The monoisotopic (exact) mass is 490 g/mol. The van der Waals surface area contributed by atoms with Crippen molar-refractivity contribution in [3.8, 4) is 0 Å². The van der Waals surface area contributed by atoms with Gasteiger partial charge in [0.2, 0.25) is 5.78 Å². The molecule has 11 heteroatoms. The molecular formula is C23H26N2O8S. The standard InChI is InChI=1S/C23H26N2O8S/c1-12-5-7-16(8-6-12)21(29)19-10-24-23(34-19)25-20-9-17(31-14(3)27)22(32-15(4)28)18(33-20)11-30-13(2)26/h5-8,10,17-18,20,22H,9,11H2,1-4H3,(H,24,25)/t17-,18?,20+,22?/m1/s1. The summed E-state index contributed by atoms with van der Waals surface area (Å²) < 4.78 is 21.7. The van der Waals surface area contributed by atoms with Crippen molar-refractivity contribution in [2.75, 3.05) is 11.9 Å². The van der Waals surface area contributed by atoms with Crippen LogP contribution in [0.4, 0.5) is 5.13 Å². The van der Waals surface area contributed by atoms with Crippen LogP contribution < -0.4 is 5.32 Å². The van der Waals surface area contributed by atoms with Crippen molar-refractivity contribution in [2.24, 2.45) is 0 Å². The zero-order valence-electron chi connectivity index (χ0n) is 19.2. The third-order valence-corrected chi connectivity index (χ3v) is 5.84. The van der Waals surface area contributed by atoms with Crippen molar-refractivity contribution < 1.29 is 38.1 Å². The van der Waals surface area contributed by atoms with Crippen LogP contribution in [0.3, 0.4) is 0 Å². The summed E-state index contributed by atoms with van der Waals surface area (Å²) in [7, 11) is 0. The first-order valence-electron chi connectivity index (χ1n) is 10.6. The number of nitrogens with zero attached hydrogens (tertiary/aromatic N) is 1. The lowest BCUT2D eigenvalue weighted by Gasteiger charge is -2.40. The Balaban J connectivity index is 1.76. The number of hydrogen-bond acceptors (Lipinski definition) is 11. The van der Waals surface area contributed by atoms with Crippen LogP contribution in [0.25, 0.3) is 0 Å². The number of esters is 3. The number of ether oxygens (including phenoxy) is 4. The van der Waals surface area contributed by atoms with E-state index in [1.807, 2.05) is 19.1 Å². The lowest BCUT2D eigenvalue weighted by Crippen LogP contribution is -2.55. The van der Waals surface area contributed by atoms with Gasteiger partial charge in [0.05, 0.1) is 11.1 Å². The van der Waals surface area contributed by atoms with Crippen molar-refractivity contribution in [1.82, 2.24) is 4.98 Å². The molecule has 4 atom stereocenters. The molecule has 2 unspecified atom stereocenters. The fourth-order valence-corrected chi connectivity index (χ4v) is 4.28. The van der Waals surface area contributed by atoms with Crippen LogP contribution in [-0.2, 0) is 33.3 Å². The molecule has 34 heavy (non-hydrogen) atoms. The van der Waals surface area contributed by atoms with Crippen molar-refractivity contribution >= 4 is 40.2 Å². The van der Waals surface area contributed by atoms with Crippen LogP contribution in [0, 0.1) is 6.92 Å². The minimum atomic E-state index is -0.964. The average molecular weight is 491 g/mol. The predicted molar refractivity (Wildman–Crippen MR) is 121 cm³/mol. The van der Waals surface area contributed by atoms with Gasteiger partial charge in [-0.25, -0.2) is 4.98 Å². The van der Waals surface area contributed by atoms with Gasteiger partial charge in [-0.2, -0.15) is 0 Å². The summed E-state index contributed by atoms with van der Waals surface area (Å²) in [5, 5.41) is 3.49. The lowest BCUT2D eigenvalue weighted by molar-refractivity contribution is -0.211. The molecule has 1 aliphatic heterocycles. The van der Waals surface area contributed by atoms with E-state index < -0.39 is 42.4 Å². The SMILES string of the molecule is CC(=O)OCC1O[C@H](Nc2ncc(C(=O)c3ccc(C)cc3)s2)C[C@@H](OC(C)=O)C1OC(C)=O. The number of rotatable bonds is 8. The highest BCUT2D eigenvalue weighted by Crippen LogP contribution is 2.29.